The van der Waals surface area contributed by atoms with Gasteiger partial charge in [0.15, 0.2) is 0 Å². The lowest BCUT2D eigenvalue weighted by Crippen LogP contribution is -1.96. The van der Waals surface area contributed by atoms with Crippen molar-refractivity contribution in [3.05, 3.63) is 115 Å². The lowest BCUT2D eigenvalue weighted by molar-refractivity contribution is 1.11. The maximum atomic E-state index is 4.21. The molecule has 0 atom stereocenters. The molecule has 0 amide bonds. The quantitative estimate of drug-likeness (QED) is 0.252. The van der Waals surface area contributed by atoms with Crippen LogP contribution in [-0.4, -0.2) is 4.57 Å². The van der Waals surface area contributed by atoms with Gasteiger partial charge >= 0.3 is 0 Å². The maximum absolute atomic E-state index is 4.21. The first-order valence-electron chi connectivity index (χ1n) is 11.4. The van der Waals surface area contributed by atoms with Gasteiger partial charge in [0.2, 0.25) is 0 Å². The van der Waals surface area contributed by atoms with Gasteiger partial charge < -0.3 is 4.57 Å². The van der Waals surface area contributed by atoms with Gasteiger partial charge in [0.25, 0.3) is 0 Å². The van der Waals surface area contributed by atoms with Gasteiger partial charge in [0.1, 0.15) is 0 Å². The van der Waals surface area contributed by atoms with E-state index >= 15 is 0 Å². The average Bonchev–Trinajstić information content (AvgIpc) is 3.45. The predicted molar refractivity (Wildman–Crippen MR) is 151 cm³/mol. The summed E-state index contributed by atoms with van der Waals surface area (Å²) >= 11 is 1.88. The molecule has 0 bridgehead atoms. The molecule has 2 heterocycles. The Morgan fingerprint density at radius 3 is 2.03 bits per heavy atom. The van der Waals surface area contributed by atoms with E-state index in [4.69, 9.17) is 0 Å². The molecule has 0 aliphatic rings. The first-order valence-corrected chi connectivity index (χ1v) is 12.3. The lowest BCUT2D eigenvalue weighted by atomic mass is 9.96. The molecule has 2 aromatic heterocycles. The largest absolute Gasteiger partial charge is 0.308 e. The third-order valence-electron chi connectivity index (χ3n) is 6.92. The van der Waals surface area contributed by atoms with E-state index in [0.717, 1.165) is 16.9 Å². The van der Waals surface area contributed by atoms with Gasteiger partial charge in [0.05, 0.1) is 15.9 Å². The molecular weight excluding hydrogens is 430 g/mol. The summed E-state index contributed by atoms with van der Waals surface area (Å²) < 4.78 is 4.98. The summed E-state index contributed by atoms with van der Waals surface area (Å²) in [5, 5.41) is 9.05. The number of hydrogen-bond acceptors (Lipinski definition) is 1. The number of fused-ring (bicyclic) bond motifs is 10. The van der Waals surface area contributed by atoms with Gasteiger partial charge in [-0.05, 0) is 45.8 Å². The Morgan fingerprint density at radius 2 is 1.29 bits per heavy atom. The third-order valence-corrected chi connectivity index (χ3v) is 8.08. The van der Waals surface area contributed by atoms with Gasteiger partial charge in [0, 0.05) is 32.1 Å². The molecule has 0 spiro atoms. The molecule has 5 aromatic carbocycles. The number of hydrogen-bond donors (Lipinski definition) is 0. The van der Waals surface area contributed by atoms with E-state index in [9.17, 15) is 0 Å². The van der Waals surface area contributed by atoms with Crippen LogP contribution in [0.1, 0.15) is 11.3 Å². The molecule has 1 nitrogen and oxygen atoms in total. The van der Waals surface area contributed by atoms with Crippen molar-refractivity contribution in [2.45, 2.75) is 0 Å². The van der Waals surface area contributed by atoms with Crippen LogP contribution in [0.2, 0.25) is 0 Å². The second-order valence-corrected chi connectivity index (χ2v) is 9.67. The minimum Gasteiger partial charge on any atom is -0.308 e. The number of nitrogens with zero attached hydrogens (tertiary/aromatic N) is 1. The normalized spacial score (nSPS) is 11.8. The molecule has 34 heavy (non-hydrogen) atoms. The fourth-order valence-electron chi connectivity index (χ4n) is 5.56. The fraction of sp³-hybridized carbons (Fsp3) is 0. The molecule has 7 rings (SSSR count). The summed E-state index contributed by atoms with van der Waals surface area (Å²) in [6.07, 6.45) is 3.95. The zero-order valence-electron chi connectivity index (χ0n) is 18.6. The van der Waals surface area contributed by atoms with E-state index in [1.165, 1.54) is 52.6 Å². The molecule has 0 radical (unpaired) electrons. The average molecular weight is 452 g/mol. The lowest BCUT2D eigenvalue weighted by Gasteiger charge is -2.11. The van der Waals surface area contributed by atoms with Crippen LogP contribution in [0.3, 0.4) is 0 Å². The minimum atomic E-state index is 1.08. The van der Waals surface area contributed by atoms with Crippen LogP contribution in [0, 0.1) is 0 Å². The van der Waals surface area contributed by atoms with Crippen molar-refractivity contribution in [3.8, 4) is 5.69 Å². The highest BCUT2D eigenvalue weighted by atomic mass is 32.1. The highest BCUT2D eigenvalue weighted by Crippen LogP contribution is 2.49. The summed E-state index contributed by atoms with van der Waals surface area (Å²) in [6, 6.07) is 32.6. The Labute approximate surface area is 201 Å². The molecule has 0 aliphatic carbocycles. The minimum absolute atomic E-state index is 1.08. The molecule has 160 valence electrons. The molecule has 0 unspecified atom stereocenters. The van der Waals surface area contributed by atoms with Crippen molar-refractivity contribution < 1.29 is 0 Å². The van der Waals surface area contributed by atoms with Gasteiger partial charge in [-0.25, -0.2) is 0 Å². The van der Waals surface area contributed by atoms with Gasteiger partial charge in [-0.3, -0.25) is 0 Å². The van der Waals surface area contributed by atoms with Crippen molar-refractivity contribution in [1.29, 1.82) is 0 Å². The molecule has 0 saturated heterocycles. The first-order chi connectivity index (χ1) is 16.8. The van der Waals surface area contributed by atoms with Crippen LogP contribution in [0.4, 0.5) is 0 Å². The van der Waals surface area contributed by atoms with E-state index < -0.39 is 0 Å². The number of para-hydroxylation sites is 1. The zero-order valence-corrected chi connectivity index (χ0v) is 19.4. The summed E-state index contributed by atoms with van der Waals surface area (Å²) in [6.45, 7) is 8.41. The van der Waals surface area contributed by atoms with Crippen molar-refractivity contribution in [2.24, 2.45) is 0 Å². The van der Waals surface area contributed by atoms with Crippen LogP contribution >= 0.6 is 11.3 Å². The van der Waals surface area contributed by atoms with Crippen molar-refractivity contribution in [1.82, 2.24) is 4.57 Å². The van der Waals surface area contributed by atoms with Crippen molar-refractivity contribution >= 4 is 76.1 Å². The van der Waals surface area contributed by atoms with Gasteiger partial charge in [-0.2, -0.15) is 0 Å². The standard InChI is InChI=1S/C32H21NS/c1-3-22-26(4-2)33(21-13-6-5-7-14-21)31-28(22)24-16-10-11-17-25(24)30-29-23-15-9-8-12-20(23)18-19-27(29)34-32(30)31/h3-19H,1-2H2. The first kappa shape index (κ1) is 19.3. The van der Waals surface area contributed by atoms with Gasteiger partial charge in [-0.1, -0.05) is 92.0 Å². The molecule has 0 saturated carbocycles. The Morgan fingerprint density at radius 1 is 0.618 bits per heavy atom. The molecule has 7 aromatic rings. The van der Waals surface area contributed by atoms with Gasteiger partial charge in [-0.15, -0.1) is 11.3 Å². The summed E-state index contributed by atoms with van der Waals surface area (Å²) in [4.78, 5) is 0. The molecule has 0 fully saturated rings. The van der Waals surface area contributed by atoms with Crippen LogP contribution in [-0.2, 0) is 0 Å². The summed E-state index contributed by atoms with van der Waals surface area (Å²) in [5.41, 5.74) is 4.58. The smallest absolute Gasteiger partial charge is 0.0726 e. The zero-order chi connectivity index (χ0) is 22.8. The van der Waals surface area contributed by atoms with Crippen LogP contribution in [0.5, 0.6) is 0 Å². The highest BCUT2D eigenvalue weighted by molar-refractivity contribution is 7.27. The van der Waals surface area contributed by atoms with E-state index in [2.05, 4.69) is 109 Å². The van der Waals surface area contributed by atoms with Crippen LogP contribution in [0.15, 0.2) is 104 Å². The van der Waals surface area contributed by atoms with Crippen molar-refractivity contribution in [2.75, 3.05) is 0 Å². The van der Waals surface area contributed by atoms with Crippen molar-refractivity contribution in [3.63, 3.8) is 0 Å². The Kier molecular flexibility index (Phi) is 4.08. The Balaban J connectivity index is 1.87. The topological polar surface area (TPSA) is 4.93 Å². The third kappa shape index (κ3) is 2.43. The second kappa shape index (κ2) is 7.18. The molecule has 0 aliphatic heterocycles. The SMILES string of the molecule is C=Cc1c(C=C)n(-c2ccccc2)c2c3sc4ccc5ccccc5c4c3c3ccccc3c12. The predicted octanol–water partition coefficient (Wildman–Crippen LogP) is 9.59. The van der Waals surface area contributed by atoms with E-state index in [1.807, 2.05) is 23.5 Å². The summed E-state index contributed by atoms with van der Waals surface area (Å²) in [7, 11) is 0. The highest BCUT2D eigenvalue weighted by Gasteiger charge is 2.23. The monoisotopic (exact) mass is 451 g/mol. The number of benzene rings is 5. The van der Waals surface area contributed by atoms with Crippen LogP contribution in [0.25, 0.3) is 70.5 Å². The van der Waals surface area contributed by atoms with E-state index in [-0.39, 0.29) is 0 Å². The van der Waals surface area contributed by atoms with E-state index in [1.54, 1.807) is 0 Å². The maximum Gasteiger partial charge on any atom is 0.0726 e. The molecule has 2 heteroatoms. The Bertz CT molecular complexity index is 1930. The number of thiophene rings is 1. The molecule has 0 N–H and O–H groups in total. The number of aromatic nitrogens is 1. The second-order valence-electron chi connectivity index (χ2n) is 8.61. The molecular formula is C32H21NS. The Hall–Kier alpha value is -4.14. The fourth-order valence-corrected chi connectivity index (χ4v) is 6.84. The summed E-state index contributed by atoms with van der Waals surface area (Å²) in [5.74, 6) is 0. The number of rotatable bonds is 3. The van der Waals surface area contributed by atoms with E-state index in [0.29, 0.717) is 0 Å². The van der Waals surface area contributed by atoms with Crippen LogP contribution < -0.4 is 0 Å².